The second-order valence-corrected chi connectivity index (χ2v) is 13.4. The topological polar surface area (TPSA) is 95.0 Å². The van der Waals surface area contributed by atoms with Gasteiger partial charge in [0.05, 0.1) is 23.7 Å². The molecule has 7 nitrogen and oxygen atoms in total. The number of phenols is 1. The van der Waals surface area contributed by atoms with Crippen LogP contribution in [0.15, 0.2) is 23.8 Å². The van der Waals surface area contributed by atoms with Gasteiger partial charge in [-0.3, -0.25) is 29.0 Å². The first-order chi connectivity index (χ1) is 17.1. The molecule has 2 aliphatic heterocycles. The molecule has 2 aliphatic carbocycles. The van der Waals surface area contributed by atoms with Crippen molar-refractivity contribution >= 4 is 23.6 Å². The summed E-state index contributed by atoms with van der Waals surface area (Å²) in [6.45, 7) is 14.9. The first-order valence-electron chi connectivity index (χ1n) is 13.3. The average Bonchev–Trinajstić information content (AvgIpc) is 3.19. The van der Waals surface area contributed by atoms with E-state index in [1.807, 2.05) is 67.5 Å². The molecule has 3 fully saturated rings. The van der Waals surface area contributed by atoms with Gasteiger partial charge < -0.3 is 5.11 Å². The summed E-state index contributed by atoms with van der Waals surface area (Å²) in [6, 6.07) is 3.81. The minimum atomic E-state index is -0.666. The Kier molecular flexibility index (Phi) is 5.56. The zero-order valence-electron chi connectivity index (χ0n) is 23.1. The van der Waals surface area contributed by atoms with Crippen molar-refractivity contribution in [2.45, 2.75) is 85.2 Å². The van der Waals surface area contributed by atoms with Gasteiger partial charge in [0, 0.05) is 17.0 Å². The number of carbonyl (C=O) groups excluding carboxylic acids is 4. The van der Waals surface area contributed by atoms with E-state index in [1.54, 1.807) is 0 Å². The van der Waals surface area contributed by atoms with Gasteiger partial charge in [0.15, 0.2) is 0 Å². The SMILES string of the molecule is Cc1cc([C@H]2C3=CC[C@@H]4C(=O)N(C(C)(C)C)C(=O)[C@@H]4[C@@H]3C[C@H]3C(=O)N(C(C)(C)C)C(=O)[C@@H]23)cc(C)c1O. The van der Waals surface area contributed by atoms with Gasteiger partial charge in [-0.05, 0) is 90.8 Å². The fourth-order valence-corrected chi connectivity index (χ4v) is 7.45. The van der Waals surface area contributed by atoms with Crippen LogP contribution in [0, 0.1) is 43.4 Å². The summed E-state index contributed by atoms with van der Waals surface area (Å²) in [4.78, 5) is 57.7. The number of amides is 4. The van der Waals surface area contributed by atoms with Gasteiger partial charge in [-0.25, -0.2) is 0 Å². The Labute approximate surface area is 218 Å². The van der Waals surface area contributed by atoms with E-state index >= 15 is 0 Å². The smallest absolute Gasteiger partial charge is 0.234 e. The van der Waals surface area contributed by atoms with E-state index in [9.17, 15) is 24.3 Å². The third-order valence-electron chi connectivity index (χ3n) is 8.86. The first-order valence-corrected chi connectivity index (χ1v) is 13.3. The number of hydrogen-bond donors (Lipinski definition) is 1. The molecule has 0 spiro atoms. The molecule has 4 aliphatic rings. The minimum absolute atomic E-state index is 0.141. The van der Waals surface area contributed by atoms with Crippen molar-refractivity contribution in [1.29, 1.82) is 0 Å². The number of hydrogen-bond acceptors (Lipinski definition) is 5. The van der Waals surface area contributed by atoms with Crippen molar-refractivity contribution in [2.24, 2.45) is 29.6 Å². The lowest BCUT2D eigenvalue weighted by Gasteiger charge is -2.44. The first kappa shape index (κ1) is 25.7. The van der Waals surface area contributed by atoms with Gasteiger partial charge in [-0.15, -0.1) is 0 Å². The molecule has 198 valence electrons. The Bertz CT molecular complexity index is 1240. The molecule has 0 unspecified atom stereocenters. The summed E-state index contributed by atoms with van der Waals surface area (Å²) in [5, 5.41) is 10.5. The van der Waals surface area contributed by atoms with Crippen LogP contribution in [0.5, 0.6) is 5.75 Å². The molecule has 0 aromatic heterocycles. The second kappa shape index (κ2) is 8.02. The number of allylic oxidation sites excluding steroid dienone is 2. The van der Waals surface area contributed by atoms with E-state index in [2.05, 4.69) is 6.08 Å². The molecule has 2 saturated heterocycles. The fourth-order valence-electron chi connectivity index (χ4n) is 7.45. The van der Waals surface area contributed by atoms with E-state index in [0.717, 1.165) is 11.1 Å². The van der Waals surface area contributed by atoms with Gasteiger partial charge in [0.1, 0.15) is 5.75 Å². The Morgan fingerprint density at radius 1 is 0.730 bits per heavy atom. The average molecular weight is 507 g/mol. The summed E-state index contributed by atoms with van der Waals surface area (Å²) >= 11 is 0. The van der Waals surface area contributed by atoms with Crippen molar-refractivity contribution in [3.8, 4) is 5.75 Å². The highest BCUT2D eigenvalue weighted by molar-refractivity contribution is 6.08. The fraction of sp³-hybridized carbons (Fsp3) is 0.600. The maximum atomic E-state index is 13.9. The van der Waals surface area contributed by atoms with Gasteiger partial charge in [-0.1, -0.05) is 23.8 Å². The van der Waals surface area contributed by atoms with Crippen molar-refractivity contribution in [2.75, 3.05) is 0 Å². The molecule has 0 bridgehead atoms. The van der Waals surface area contributed by atoms with E-state index in [1.165, 1.54) is 9.80 Å². The molecular formula is C30H38N2O5. The zero-order valence-corrected chi connectivity index (χ0v) is 23.1. The standard InChI is InChI=1S/C30H38N2O5/c1-14-11-16(12-15(2)24(14)33)21-17-9-10-18-22(27(36)31(25(18)34)29(3,4)5)19(17)13-20-23(21)28(37)32(26(20)35)30(6,7)8/h9,11-12,18-23,33H,10,13H2,1-8H3/t18-,19+,20+,21-,22-,23+/m0/s1. The summed E-state index contributed by atoms with van der Waals surface area (Å²) in [5.41, 5.74) is 1.98. The molecule has 7 heteroatoms. The quantitative estimate of drug-likeness (QED) is 0.454. The molecule has 1 N–H and O–H groups in total. The number of likely N-dealkylation sites (tertiary alicyclic amines) is 2. The lowest BCUT2D eigenvalue weighted by molar-refractivity contribution is -0.147. The van der Waals surface area contributed by atoms with Crippen molar-refractivity contribution in [1.82, 2.24) is 9.80 Å². The van der Waals surface area contributed by atoms with E-state index in [0.29, 0.717) is 24.0 Å². The zero-order chi connectivity index (χ0) is 27.4. The Hall–Kier alpha value is -2.96. The van der Waals surface area contributed by atoms with Crippen molar-refractivity contribution in [3.63, 3.8) is 0 Å². The van der Waals surface area contributed by atoms with Crippen LogP contribution in [0.25, 0.3) is 0 Å². The maximum absolute atomic E-state index is 13.9. The van der Waals surface area contributed by atoms with Crippen LogP contribution >= 0.6 is 0 Å². The Balaban J connectivity index is 1.68. The highest BCUT2D eigenvalue weighted by atomic mass is 16.3. The summed E-state index contributed by atoms with van der Waals surface area (Å²) < 4.78 is 0. The van der Waals surface area contributed by atoms with Crippen LogP contribution in [0.4, 0.5) is 0 Å². The number of aryl methyl sites for hydroxylation is 2. The normalized spacial score (nSPS) is 31.9. The Morgan fingerprint density at radius 3 is 1.73 bits per heavy atom. The lowest BCUT2D eigenvalue weighted by atomic mass is 9.57. The van der Waals surface area contributed by atoms with Gasteiger partial charge in [0.2, 0.25) is 23.6 Å². The molecule has 0 radical (unpaired) electrons. The Morgan fingerprint density at radius 2 is 1.22 bits per heavy atom. The number of fused-ring (bicyclic) bond motifs is 4. The van der Waals surface area contributed by atoms with Crippen LogP contribution in [0.1, 0.15) is 77.0 Å². The van der Waals surface area contributed by atoms with Crippen molar-refractivity contribution in [3.05, 3.63) is 40.5 Å². The predicted molar refractivity (Wildman–Crippen MR) is 138 cm³/mol. The second-order valence-electron chi connectivity index (χ2n) is 13.4. The van der Waals surface area contributed by atoms with Gasteiger partial charge in [0.25, 0.3) is 0 Å². The number of aromatic hydroxyl groups is 1. The third kappa shape index (κ3) is 3.60. The highest BCUT2D eigenvalue weighted by Gasteiger charge is 2.63. The molecule has 4 amide bonds. The van der Waals surface area contributed by atoms with Crippen LogP contribution in [0.2, 0.25) is 0 Å². The molecule has 1 aromatic rings. The van der Waals surface area contributed by atoms with E-state index < -0.39 is 40.7 Å². The molecule has 1 aromatic carbocycles. The number of carbonyl (C=O) groups is 4. The summed E-state index contributed by atoms with van der Waals surface area (Å²) in [5.74, 6) is -3.24. The number of rotatable bonds is 1. The lowest BCUT2D eigenvalue weighted by Crippen LogP contribution is -2.47. The van der Waals surface area contributed by atoms with Crippen LogP contribution < -0.4 is 0 Å². The van der Waals surface area contributed by atoms with Gasteiger partial charge in [-0.2, -0.15) is 0 Å². The molecule has 2 heterocycles. The van der Waals surface area contributed by atoms with Crippen LogP contribution in [0.3, 0.4) is 0 Å². The third-order valence-corrected chi connectivity index (χ3v) is 8.86. The predicted octanol–water partition coefficient (Wildman–Crippen LogP) is 4.24. The number of nitrogens with zero attached hydrogens (tertiary/aromatic N) is 2. The number of imide groups is 2. The highest BCUT2D eigenvalue weighted by Crippen LogP contribution is 2.59. The summed E-state index contributed by atoms with van der Waals surface area (Å²) in [6.07, 6.45) is 2.90. The van der Waals surface area contributed by atoms with Crippen LogP contribution in [-0.4, -0.2) is 49.6 Å². The van der Waals surface area contributed by atoms with E-state index in [-0.39, 0.29) is 35.3 Å². The molecular weight excluding hydrogens is 468 g/mol. The largest absolute Gasteiger partial charge is 0.507 e. The number of benzene rings is 1. The number of phenolic OH excluding ortho intramolecular Hbond substituents is 1. The van der Waals surface area contributed by atoms with Gasteiger partial charge >= 0.3 is 0 Å². The molecule has 5 rings (SSSR count). The van der Waals surface area contributed by atoms with E-state index in [4.69, 9.17) is 0 Å². The monoisotopic (exact) mass is 506 g/mol. The summed E-state index contributed by atoms with van der Waals surface area (Å²) in [7, 11) is 0. The van der Waals surface area contributed by atoms with Crippen molar-refractivity contribution < 1.29 is 24.3 Å². The minimum Gasteiger partial charge on any atom is -0.507 e. The van der Waals surface area contributed by atoms with Crippen LogP contribution in [-0.2, 0) is 19.2 Å². The molecule has 1 saturated carbocycles. The maximum Gasteiger partial charge on any atom is 0.234 e. The molecule has 6 atom stereocenters. The molecule has 37 heavy (non-hydrogen) atoms.